The second-order valence-corrected chi connectivity index (χ2v) is 3.06. The zero-order valence-corrected chi connectivity index (χ0v) is 8.98. The number of carboxylic acids is 1. The van der Waals surface area contributed by atoms with Crippen LogP contribution in [0.3, 0.4) is 0 Å². The Hall–Kier alpha value is -2.49. The maximum absolute atomic E-state index is 10.1. The van der Waals surface area contributed by atoms with Gasteiger partial charge < -0.3 is 14.6 Å². The Balaban J connectivity index is 0.000000239. The number of benzene rings is 1. The van der Waals surface area contributed by atoms with Gasteiger partial charge in [-0.05, 0) is 35.9 Å². The zero-order chi connectivity index (χ0) is 12.5. The molecule has 0 atom stereocenters. The van der Waals surface area contributed by atoms with Gasteiger partial charge in [0.1, 0.15) is 5.75 Å². The van der Waals surface area contributed by atoms with Crippen LogP contribution in [0.5, 0.6) is 5.75 Å². The third kappa shape index (κ3) is 5.84. The Morgan fingerprint density at radius 1 is 1.12 bits per heavy atom. The highest BCUT2D eigenvalue weighted by atomic mass is 16.4. The highest BCUT2D eigenvalue weighted by Crippen LogP contribution is 2.10. The van der Waals surface area contributed by atoms with E-state index in [1.54, 1.807) is 24.7 Å². The first-order chi connectivity index (χ1) is 8.18. The van der Waals surface area contributed by atoms with Gasteiger partial charge in [0.25, 0.3) is 0 Å². The molecule has 0 spiro atoms. The molecule has 88 valence electrons. The van der Waals surface area contributed by atoms with E-state index < -0.39 is 5.97 Å². The quantitative estimate of drug-likeness (QED) is 0.781. The molecule has 0 amide bonds. The van der Waals surface area contributed by atoms with E-state index in [4.69, 9.17) is 10.2 Å². The second kappa shape index (κ2) is 6.90. The van der Waals surface area contributed by atoms with E-state index in [0.717, 1.165) is 11.6 Å². The molecular weight excluding hydrogens is 220 g/mol. The van der Waals surface area contributed by atoms with Crippen LogP contribution in [0.2, 0.25) is 0 Å². The van der Waals surface area contributed by atoms with Gasteiger partial charge in [0.2, 0.25) is 0 Å². The Kier molecular flexibility index (Phi) is 5.10. The van der Waals surface area contributed by atoms with Crippen molar-refractivity contribution in [2.75, 3.05) is 0 Å². The number of carboxylic acid groups (broad SMARTS) is 1. The van der Waals surface area contributed by atoms with Gasteiger partial charge >= 0.3 is 5.97 Å². The van der Waals surface area contributed by atoms with E-state index in [1.165, 1.54) is 18.2 Å². The van der Waals surface area contributed by atoms with Gasteiger partial charge in [0.15, 0.2) is 0 Å². The average molecular weight is 232 g/mol. The Morgan fingerprint density at radius 2 is 1.71 bits per heavy atom. The zero-order valence-electron chi connectivity index (χ0n) is 8.98. The molecule has 0 aliphatic heterocycles. The highest BCUT2D eigenvalue weighted by Gasteiger charge is 1.89. The minimum atomic E-state index is -0.983. The fourth-order valence-electron chi connectivity index (χ4n) is 0.980. The van der Waals surface area contributed by atoms with Gasteiger partial charge in [0.05, 0.1) is 12.5 Å². The van der Waals surface area contributed by atoms with Crippen LogP contribution in [0.25, 0.3) is 6.08 Å². The molecule has 0 radical (unpaired) electrons. The summed E-state index contributed by atoms with van der Waals surface area (Å²) in [6, 6.07) is 9.94. The first-order valence-corrected chi connectivity index (χ1v) is 4.85. The standard InChI is InChI=1S/C9H8O3.C4H4O/c10-8-4-1-7(2-5-8)3-6-9(11)12;1-2-4-5-3-1/h1-6,10H,(H,11,12);1-4H/b6-3-;. The summed E-state index contributed by atoms with van der Waals surface area (Å²) in [5, 5.41) is 17.2. The number of phenolic OH excluding ortho intramolecular Hbond substituents is 1. The number of rotatable bonds is 2. The van der Waals surface area contributed by atoms with Crippen LogP contribution in [0.15, 0.2) is 59.4 Å². The molecule has 1 aromatic heterocycles. The molecule has 0 saturated carbocycles. The fraction of sp³-hybridized carbons (Fsp3) is 0. The molecule has 17 heavy (non-hydrogen) atoms. The minimum absolute atomic E-state index is 0.169. The summed E-state index contributed by atoms with van der Waals surface area (Å²) in [6.45, 7) is 0. The number of hydrogen-bond donors (Lipinski definition) is 2. The number of aromatic hydroxyl groups is 1. The van der Waals surface area contributed by atoms with Crippen LogP contribution >= 0.6 is 0 Å². The van der Waals surface area contributed by atoms with Gasteiger partial charge in [-0.25, -0.2) is 4.79 Å². The smallest absolute Gasteiger partial charge is 0.328 e. The van der Waals surface area contributed by atoms with Crippen molar-refractivity contribution in [3.05, 3.63) is 60.6 Å². The summed E-state index contributed by atoms with van der Waals surface area (Å²) >= 11 is 0. The van der Waals surface area contributed by atoms with Crippen molar-refractivity contribution in [1.29, 1.82) is 0 Å². The minimum Gasteiger partial charge on any atom is -0.508 e. The lowest BCUT2D eigenvalue weighted by Crippen LogP contribution is -1.85. The second-order valence-electron chi connectivity index (χ2n) is 3.06. The van der Waals surface area contributed by atoms with Gasteiger partial charge in [-0.3, -0.25) is 0 Å². The number of hydrogen-bond acceptors (Lipinski definition) is 3. The number of phenols is 1. The Morgan fingerprint density at radius 3 is 2.12 bits per heavy atom. The molecule has 2 N–H and O–H groups in total. The first-order valence-electron chi connectivity index (χ1n) is 4.85. The summed E-state index contributed by atoms with van der Waals surface area (Å²) in [5.74, 6) is -0.814. The van der Waals surface area contributed by atoms with E-state index in [0.29, 0.717) is 0 Å². The van der Waals surface area contributed by atoms with E-state index in [1.807, 2.05) is 12.1 Å². The van der Waals surface area contributed by atoms with Crippen LogP contribution < -0.4 is 0 Å². The summed E-state index contributed by atoms with van der Waals surface area (Å²) in [7, 11) is 0. The van der Waals surface area contributed by atoms with Crippen LogP contribution in [-0.4, -0.2) is 16.2 Å². The molecule has 0 unspecified atom stereocenters. The summed E-state index contributed by atoms with van der Waals surface area (Å²) < 4.78 is 4.58. The van der Waals surface area contributed by atoms with E-state index in [-0.39, 0.29) is 5.75 Å². The number of furan rings is 1. The average Bonchev–Trinajstić information content (AvgIpc) is 2.87. The molecule has 0 fully saturated rings. The highest BCUT2D eigenvalue weighted by molar-refractivity contribution is 5.85. The van der Waals surface area contributed by atoms with Crippen molar-refractivity contribution in [3.63, 3.8) is 0 Å². The van der Waals surface area contributed by atoms with Gasteiger partial charge in [-0.2, -0.15) is 0 Å². The molecule has 4 heteroatoms. The van der Waals surface area contributed by atoms with Crippen molar-refractivity contribution in [1.82, 2.24) is 0 Å². The fourth-order valence-corrected chi connectivity index (χ4v) is 0.980. The van der Waals surface area contributed by atoms with Crippen molar-refractivity contribution in [3.8, 4) is 5.75 Å². The van der Waals surface area contributed by atoms with Gasteiger partial charge in [-0.1, -0.05) is 12.1 Å². The lowest BCUT2D eigenvalue weighted by atomic mass is 10.2. The molecule has 4 nitrogen and oxygen atoms in total. The van der Waals surface area contributed by atoms with Crippen LogP contribution in [0, 0.1) is 0 Å². The van der Waals surface area contributed by atoms with Crippen molar-refractivity contribution in [2.24, 2.45) is 0 Å². The third-order valence-corrected chi connectivity index (χ3v) is 1.74. The summed E-state index contributed by atoms with van der Waals surface area (Å²) in [6.07, 6.45) is 5.76. The van der Waals surface area contributed by atoms with Crippen molar-refractivity contribution < 1.29 is 19.4 Å². The van der Waals surface area contributed by atoms with E-state index in [2.05, 4.69) is 4.42 Å². The largest absolute Gasteiger partial charge is 0.508 e. The lowest BCUT2D eigenvalue weighted by molar-refractivity contribution is -0.131. The molecule has 0 bridgehead atoms. The number of carbonyl (C=O) groups is 1. The van der Waals surface area contributed by atoms with E-state index in [9.17, 15) is 4.79 Å². The molecule has 0 aliphatic rings. The monoisotopic (exact) mass is 232 g/mol. The van der Waals surface area contributed by atoms with Gasteiger partial charge in [-0.15, -0.1) is 0 Å². The molecule has 0 saturated heterocycles. The lowest BCUT2D eigenvalue weighted by Gasteiger charge is -1.92. The molecular formula is C13H12O4. The topological polar surface area (TPSA) is 70.7 Å². The van der Waals surface area contributed by atoms with Crippen LogP contribution in [0.4, 0.5) is 0 Å². The third-order valence-electron chi connectivity index (χ3n) is 1.74. The summed E-state index contributed by atoms with van der Waals surface area (Å²) in [4.78, 5) is 10.1. The van der Waals surface area contributed by atoms with Gasteiger partial charge in [0, 0.05) is 6.08 Å². The molecule has 0 aliphatic carbocycles. The first kappa shape index (κ1) is 12.6. The Bertz CT molecular complexity index is 437. The van der Waals surface area contributed by atoms with Crippen molar-refractivity contribution in [2.45, 2.75) is 0 Å². The maximum atomic E-state index is 10.1. The molecule has 1 aromatic carbocycles. The maximum Gasteiger partial charge on any atom is 0.328 e. The molecule has 2 aromatic rings. The predicted molar refractivity (Wildman–Crippen MR) is 63.5 cm³/mol. The van der Waals surface area contributed by atoms with Crippen LogP contribution in [0.1, 0.15) is 5.56 Å². The van der Waals surface area contributed by atoms with Crippen molar-refractivity contribution >= 4 is 12.0 Å². The predicted octanol–water partition coefficient (Wildman–Crippen LogP) is 2.77. The normalized spacial score (nSPS) is 9.65. The molecule has 2 rings (SSSR count). The van der Waals surface area contributed by atoms with E-state index >= 15 is 0 Å². The Labute approximate surface area is 98.4 Å². The molecule has 1 heterocycles. The number of aliphatic carboxylic acids is 1. The summed E-state index contributed by atoms with van der Waals surface area (Å²) in [5.41, 5.74) is 0.746. The SMILES string of the molecule is O=C(O)/C=C\c1ccc(O)cc1.c1ccoc1. The van der Waals surface area contributed by atoms with Crippen LogP contribution in [-0.2, 0) is 4.79 Å².